The molecule has 4 fully saturated rings. The second-order valence-corrected chi connectivity index (χ2v) is 8.63. The number of fused-ring (bicyclic) bond motifs is 2. The van der Waals surface area contributed by atoms with E-state index in [1.807, 2.05) is 27.7 Å². The average Bonchev–Trinajstić information content (AvgIpc) is 3.27. The Labute approximate surface area is 170 Å². The first-order valence-electron chi connectivity index (χ1n) is 9.90. The molecule has 0 aromatic rings. The van der Waals surface area contributed by atoms with E-state index < -0.39 is 30.3 Å². The quantitative estimate of drug-likeness (QED) is 0.542. The van der Waals surface area contributed by atoms with Crippen LogP contribution in [-0.2, 0) is 37.9 Å². The molecular formula is C18H32N2O9. The van der Waals surface area contributed by atoms with E-state index in [9.17, 15) is 5.21 Å². The lowest BCUT2D eigenvalue weighted by Crippen LogP contribution is -2.50. The van der Waals surface area contributed by atoms with E-state index in [4.69, 9.17) is 37.9 Å². The van der Waals surface area contributed by atoms with Crippen LogP contribution in [0, 0.1) is 0 Å². The molecule has 0 amide bonds. The number of hydrazine groups is 1. The van der Waals surface area contributed by atoms with Crippen molar-refractivity contribution in [1.29, 1.82) is 0 Å². The highest BCUT2D eigenvalue weighted by atomic mass is 16.9. The summed E-state index contributed by atoms with van der Waals surface area (Å²) in [6, 6.07) is 0. The molecule has 0 aromatic carbocycles. The highest BCUT2D eigenvalue weighted by Crippen LogP contribution is 2.39. The Balaban J connectivity index is 1.27. The van der Waals surface area contributed by atoms with Crippen LogP contribution < -0.4 is 5.43 Å². The monoisotopic (exact) mass is 420 g/mol. The van der Waals surface area contributed by atoms with Gasteiger partial charge in [0.2, 0.25) is 0 Å². The molecule has 168 valence electrons. The minimum atomic E-state index is -0.722. The summed E-state index contributed by atoms with van der Waals surface area (Å²) in [6.45, 7) is 7.77. The first-order chi connectivity index (χ1) is 13.6. The summed E-state index contributed by atoms with van der Waals surface area (Å²) in [5, 5.41) is 11.3. The van der Waals surface area contributed by atoms with Gasteiger partial charge in [-0.15, -0.1) is 5.17 Å². The van der Waals surface area contributed by atoms with E-state index in [1.54, 1.807) is 14.2 Å². The molecule has 2 N–H and O–H groups in total. The van der Waals surface area contributed by atoms with Crippen LogP contribution in [0.2, 0.25) is 0 Å². The topological polar surface area (TPSA) is 109 Å². The second kappa shape index (κ2) is 7.92. The molecule has 0 spiro atoms. The lowest BCUT2D eigenvalue weighted by atomic mass is 10.1. The van der Waals surface area contributed by atoms with Gasteiger partial charge < -0.3 is 37.9 Å². The number of hydrogen-bond donors (Lipinski definition) is 2. The van der Waals surface area contributed by atoms with Crippen molar-refractivity contribution in [2.45, 2.75) is 88.5 Å². The number of methoxy groups -OCH3 is 2. The van der Waals surface area contributed by atoms with Crippen molar-refractivity contribution < 1.29 is 43.1 Å². The zero-order chi connectivity index (χ0) is 21.0. The number of hydrogen-bond acceptors (Lipinski definition) is 11. The van der Waals surface area contributed by atoms with Crippen molar-refractivity contribution in [3.8, 4) is 0 Å². The Bertz CT molecular complexity index is 592. The highest BCUT2D eigenvalue weighted by Gasteiger charge is 2.56. The number of hydroxylamine groups is 1. The van der Waals surface area contributed by atoms with E-state index in [1.165, 1.54) is 0 Å². The van der Waals surface area contributed by atoms with E-state index in [0.29, 0.717) is 6.54 Å². The number of rotatable bonds is 7. The van der Waals surface area contributed by atoms with Gasteiger partial charge in [0.25, 0.3) is 0 Å². The van der Waals surface area contributed by atoms with Crippen molar-refractivity contribution in [3.05, 3.63) is 0 Å². The second-order valence-electron chi connectivity index (χ2n) is 8.63. The van der Waals surface area contributed by atoms with Crippen molar-refractivity contribution in [2.24, 2.45) is 0 Å². The zero-order valence-corrected chi connectivity index (χ0v) is 17.7. The van der Waals surface area contributed by atoms with Gasteiger partial charge in [0.15, 0.2) is 24.2 Å². The summed E-state index contributed by atoms with van der Waals surface area (Å²) in [4.78, 5) is 0. The molecule has 4 rings (SSSR count). The molecule has 0 unspecified atom stereocenters. The fourth-order valence-corrected chi connectivity index (χ4v) is 4.41. The molecule has 4 aliphatic rings. The first-order valence-corrected chi connectivity index (χ1v) is 9.90. The molecule has 0 aliphatic carbocycles. The maximum atomic E-state index is 10.3. The van der Waals surface area contributed by atoms with Crippen molar-refractivity contribution in [2.75, 3.05) is 27.3 Å². The maximum absolute atomic E-state index is 10.3. The van der Waals surface area contributed by atoms with Crippen molar-refractivity contribution in [1.82, 2.24) is 10.6 Å². The molecule has 29 heavy (non-hydrogen) atoms. The molecule has 0 aromatic heterocycles. The summed E-state index contributed by atoms with van der Waals surface area (Å²) in [6.07, 6.45) is -3.16. The summed E-state index contributed by atoms with van der Waals surface area (Å²) in [5.74, 6) is -1.43. The van der Waals surface area contributed by atoms with Crippen LogP contribution in [0.4, 0.5) is 0 Å². The summed E-state index contributed by atoms with van der Waals surface area (Å²) in [7, 11) is 3.19. The smallest absolute Gasteiger partial charge is 0.190 e. The van der Waals surface area contributed by atoms with Crippen LogP contribution >= 0.6 is 0 Å². The molecule has 0 saturated carbocycles. The number of ether oxygens (including phenoxy) is 8. The van der Waals surface area contributed by atoms with Crippen LogP contribution in [0.3, 0.4) is 0 Å². The number of nitrogens with one attached hydrogen (secondary N) is 1. The highest BCUT2D eigenvalue weighted by molar-refractivity contribution is 4.96. The minimum Gasteiger partial charge on any atom is -0.376 e. The molecular weight excluding hydrogens is 388 g/mol. The normalized spacial score (nSPS) is 45.1. The standard InChI is InChI=1S/C18H32N2O9/c1-17(2)26-13-11(22-5)9(24-15(13)28-17)7-19-20(21)8-10-12(23-6)14-16(25-10)29-18(3,4)27-14/h9-16,19,21H,7-8H2,1-6H3/t9-,10+,11+,12-,13+,14+,15+,16-/m0/s1. The third kappa shape index (κ3) is 4.32. The fourth-order valence-electron chi connectivity index (χ4n) is 4.41. The van der Waals surface area contributed by atoms with Crippen LogP contribution in [-0.4, -0.2) is 98.5 Å². The van der Waals surface area contributed by atoms with Gasteiger partial charge in [-0.25, -0.2) is 5.43 Å². The van der Waals surface area contributed by atoms with Gasteiger partial charge in [0.1, 0.15) is 36.6 Å². The van der Waals surface area contributed by atoms with Gasteiger partial charge in [-0.05, 0) is 27.7 Å². The average molecular weight is 420 g/mol. The van der Waals surface area contributed by atoms with Gasteiger partial charge in [-0.2, -0.15) is 0 Å². The Morgan fingerprint density at radius 3 is 1.83 bits per heavy atom. The maximum Gasteiger partial charge on any atom is 0.190 e. The van der Waals surface area contributed by atoms with Gasteiger partial charge in [-0.1, -0.05) is 0 Å². The van der Waals surface area contributed by atoms with Crippen molar-refractivity contribution in [3.63, 3.8) is 0 Å². The van der Waals surface area contributed by atoms with Gasteiger partial charge >= 0.3 is 0 Å². The number of nitrogens with zero attached hydrogens (tertiary/aromatic N) is 1. The Kier molecular flexibility index (Phi) is 5.94. The molecule has 4 saturated heterocycles. The third-order valence-electron chi connectivity index (χ3n) is 5.55. The fraction of sp³-hybridized carbons (Fsp3) is 1.00. The minimum absolute atomic E-state index is 0.149. The van der Waals surface area contributed by atoms with Crippen LogP contribution in [0.25, 0.3) is 0 Å². The Morgan fingerprint density at radius 2 is 1.31 bits per heavy atom. The van der Waals surface area contributed by atoms with E-state index >= 15 is 0 Å². The Hall–Kier alpha value is -0.440. The molecule has 11 nitrogen and oxygen atoms in total. The molecule has 8 atom stereocenters. The molecule has 4 heterocycles. The molecule has 11 heteroatoms. The first kappa shape index (κ1) is 21.8. The predicted molar refractivity (Wildman–Crippen MR) is 95.5 cm³/mol. The third-order valence-corrected chi connectivity index (χ3v) is 5.55. The predicted octanol–water partition coefficient (Wildman–Crippen LogP) is -0.0350. The van der Waals surface area contributed by atoms with Gasteiger partial charge in [0, 0.05) is 20.8 Å². The summed E-state index contributed by atoms with van der Waals surface area (Å²) in [5.41, 5.74) is 2.91. The molecule has 0 radical (unpaired) electrons. The lowest BCUT2D eigenvalue weighted by Gasteiger charge is -2.29. The van der Waals surface area contributed by atoms with Crippen LogP contribution in [0.15, 0.2) is 0 Å². The SMILES string of the molecule is CO[C@@H]1[C@H]2OC(C)(C)O[C@@H]2O[C@@H]1CN(O)NC[C@@H]1O[C@@H]2OC(C)(C)O[C@@H]2[C@@H]1OC. The lowest BCUT2D eigenvalue weighted by molar-refractivity contribution is -0.237. The largest absolute Gasteiger partial charge is 0.376 e. The van der Waals surface area contributed by atoms with E-state index in [0.717, 1.165) is 5.17 Å². The van der Waals surface area contributed by atoms with Crippen LogP contribution in [0.5, 0.6) is 0 Å². The van der Waals surface area contributed by atoms with E-state index in [2.05, 4.69) is 5.43 Å². The summed E-state index contributed by atoms with van der Waals surface area (Å²) < 4.78 is 46.1. The summed E-state index contributed by atoms with van der Waals surface area (Å²) >= 11 is 0. The molecule has 4 aliphatic heterocycles. The van der Waals surface area contributed by atoms with Crippen molar-refractivity contribution >= 4 is 0 Å². The van der Waals surface area contributed by atoms with Gasteiger partial charge in [0.05, 0.1) is 6.54 Å². The van der Waals surface area contributed by atoms with Crippen LogP contribution in [0.1, 0.15) is 27.7 Å². The zero-order valence-electron chi connectivity index (χ0n) is 17.7. The Morgan fingerprint density at radius 1 is 0.828 bits per heavy atom. The van der Waals surface area contributed by atoms with E-state index in [-0.39, 0.29) is 37.1 Å². The van der Waals surface area contributed by atoms with Gasteiger partial charge in [-0.3, -0.25) is 5.21 Å². The molecule has 0 bridgehead atoms.